The minimum atomic E-state index is -0.527. The molecule has 0 saturated heterocycles. The lowest BCUT2D eigenvalue weighted by Gasteiger charge is -1.98. The summed E-state index contributed by atoms with van der Waals surface area (Å²) in [5.41, 5.74) is 0.144. The highest BCUT2D eigenvalue weighted by atomic mass is 32.1. The molecule has 2 heterocycles. The largest absolute Gasteiger partial charge is 0.461 e. The Balaban J connectivity index is 2.29. The maximum Gasteiger partial charge on any atom is 0.358 e. The first-order valence-corrected chi connectivity index (χ1v) is 7.51. The number of ketones is 1. The van der Waals surface area contributed by atoms with Crippen molar-refractivity contribution in [2.45, 2.75) is 20.3 Å². The lowest BCUT2D eigenvalue weighted by Crippen LogP contribution is -2.09. The zero-order valence-electron chi connectivity index (χ0n) is 10.6. The van der Waals surface area contributed by atoms with Gasteiger partial charge in [-0.25, -0.2) is 9.78 Å². The number of thiophene rings is 1. The van der Waals surface area contributed by atoms with E-state index in [4.69, 9.17) is 4.74 Å². The normalized spacial score (nSPS) is 10.4. The van der Waals surface area contributed by atoms with Gasteiger partial charge in [-0.05, 0) is 18.4 Å². The molecule has 2 rings (SSSR count). The number of nitrogens with zero attached hydrogens (tertiary/aromatic N) is 1. The van der Waals surface area contributed by atoms with Gasteiger partial charge in [0.2, 0.25) is 0 Å². The predicted octanol–water partition coefficient (Wildman–Crippen LogP) is 3.17. The van der Waals surface area contributed by atoms with Gasteiger partial charge in [-0.1, -0.05) is 6.07 Å². The number of esters is 1. The first-order chi connectivity index (χ1) is 9.11. The van der Waals surface area contributed by atoms with Crippen LogP contribution in [0.1, 0.15) is 43.9 Å². The second-order valence-corrected chi connectivity index (χ2v) is 5.93. The molecule has 0 aliphatic heterocycles. The van der Waals surface area contributed by atoms with E-state index in [0.29, 0.717) is 11.3 Å². The van der Waals surface area contributed by atoms with E-state index in [1.807, 2.05) is 17.5 Å². The summed E-state index contributed by atoms with van der Waals surface area (Å²) in [6.45, 7) is 3.43. The summed E-state index contributed by atoms with van der Waals surface area (Å²) in [5, 5.41) is 2.75. The van der Waals surface area contributed by atoms with Crippen LogP contribution in [0, 0.1) is 0 Å². The van der Waals surface area contributed by atoms with Crippen molar-refractivity contribution in [3.8, 4) is 0 Å². The molecule has 100 valence electrons. The Hall–Kier alpha value is -1.53. The number of rotatable bonds is 5. The Kier molecular flexibility index (Phi) is 4.44. The number of aromatic nitrogens is 1. The standard InChI is InChI=1S/C13H13NO3S2/c1-3-17-13(16)11-12(8(2)15)19-10(14-11)7-9-5-4-6-18-9/h4-6H,3,7H2,1-2H3. The molecule has 2 aromatic rings. The summed E-state index contributed by atoms with van der Waals surface area (Å²) < 4.78 is 4.92. The average Bonchev–Trinajstić information content (AvgIpc) is 2.99. The van der Waals surface area contributed by atoms with Crippen LogP contribution in [-0.4, -0.2) is 23.3 Å². The molecule has 0 fully saturated rings. The Morgan fingerprint density at radius 1 is 1.42 bits per heavy atom. The lowest BCUT2D eigenvalue weighted by molar-refractivity contribution is 0.0517. The van der Waals surface area contributed by atoms with Crippen LogP contribution in [0.5, 0.6) is 0 Å². The SMILES string of the molecule is CCOC(=O)c1nc(Cc2cccs2)sc1C(C)=O. The number of carbonyl (C=O) groups excluding carboxylic acids is 2. The van der Waals surface area contributed by atoms with E-state index in [-0.39, 0.29) is 18.1 Å². The molecule has 0 unspecified atom stereocenters. The van der Waals surface area contributed by atoms with Crippen LogP contribution >= 0.6 is 22.7 Å². The Bertz CT molecular complexity index is 587. The number of Topliss-reactive ketones (excluding diaryl/α,β-unsaturated/α-hetero) is 1. The van der Waals surface area contributed by atoms with Gasteiger partial charge in [-0.15, -0.1) is 22.7 Å². The fraction of sp³-hybridized carbons (Fsp3) is 0.308. The van der Waals surface area contributed by atoms with Crippen LogP contribution in [0.4, 0.5) is 0 Å². The molecule has 0 spiro atoms. The van der Waals surface area contributed by atoms with Crippen molar-refractivity contribution in [2.24, 2.45) is 0 Å². The molecular formula is C13H13NO3S2. The number of hydrogen-bond acceptors (Lipinski definition) is 6. The third-order valence-electron chi connectivity index (χ3n) is 2.37. The van der Waals surface area contributed by atoms with Crippen molar-refractivity contribution in [2.75, 3.05) is 6.61 Å². The molecule has 0 atom stereocenters. The van der Waals surface area contributed by atoms with E-state index in [2.05, 4.69) is 4.98 Å². The molecule has 0 aliphatic rings. The van der Waals surface area contributed by atoms with E-state index < -0.39 is 5.97 Å². The van der Waals surface area contributed by atoms with Gasteiger partial charge in [0.15, 0.2) is 11.5 Å². The van der Waals surface area contributed by atoms with Crippen LogP contribution < -0.4 is 0 Å². The Labute approximate surface area is 119 Å². The first-order valence-electron chi connectivity index (χ1n) is 5.82. The molecule has 4 nitrogen and oxygen atoms in total. The molecule has 0 N–H and O–H groups in total. The molecule has 0 aromatic carbocycles. The molecule has 0 saturated carbocycles. The maximum atomic E-state index is 11.8. The number of hydrogen-bond donors (Lipinski definition) is 0. The maximum absolute atomic E-state index is 11.8. The van der Waals surface area contributed by atoms with Gasteiger partial charge >= 0.3 is 5.97 Å². The number of ether oxygens (including phenoxy) is 1. The molecule has 0 bridgehead atoms. The van der Waals surface area contributed by atoms with Crippen LogP contribution in [0.25, 0.3) is 0 Å². The molecule has 0 aliphatic carbocycles. The zero-order valence-corrected chi connectivity index (χ0v) is 12.3. The highest BCUT2D eigenvalue weighted by molar-refractivity contribution is 7.14. The van der Waals surface area contributed by atoms with E-state index in [1.165, 1.54) is 18.3 Å². The van der Waals surface area contributed by atoms with Gasteiger partial charge in [0.1, 0.15) is 4.88 Å². The molecule has 2 aromatic heterocycles. The fourth-order valence-corrected chi connectivity index (χ4v) is 3.35. The van der Waals surface area contributed by atoms with Crippen molar-refractivity contribution in [3.63, 3.8) is 0 Å². The van der Waals surface area contributed by atoms with Gasteiger partial charge < -0.3 is 4.74 Å². The van der Waals surface area contributed by atoms with Crippen LogP contribution in [0.3, 0.4) is 0 Å². The Morgan fingerprint density at radius 2 is 2.21 bits per heavy atom. The quantitative estimate of drug-likeness (QED) is 0.628. The van der Waals surface area contributed by atoms with E-state index in [0.717, 1.165) is 9.88 Å². The third-order valence-corrected chi connectivity index (χ3v) is 4.40. The lowest BCUT2D eigenvalue weighted by atomic mass is 10.3. The summed E-state index contributed by atoms with van der Waals surface area (Å²) in [5.74, 6) is -0.681. The summed E-state index contributed by atoms with van der Waals surface area (Å²) in [6, 6.07) is 3.97. The second-order valence-electron chi connectivity index (χ2n) is 3.82. The van der Waals surface area contributed by atoms with E-state index >= 15 is 0 Å². The fourth-order valence-electron chi connectivity index (χ4n) is 1.58. The number of thiazole rings is 1. The van der Waals surface area contributed by atoms with Gasteiger partial charge in [0.25, 0.3) is 0 Å². The van der Waals surface area contributed by atoms with E-state index in [9.17, 15) is 9.59 Å². The highest BCUT2D eigenvalue weighted by Crippen LogP contribution is 2.24. The summed E-state index contributed by atoms with van der Waals surface area (Å²) in [7, 11) is 0. The molecule has 0 amide bonds. The van der Waals surface area contributed by atoms with Gasteiger partial charge in [-0.2, -0.15) is 0 Å². The molecular weight excluding hydrogens is 282 g/mol. The topological polar surface area (TPSA) is 56.3 Å². The van der Waals surface area contributed by atoms with Crippen LogP contribution in [-0.2, 0) is 11.2 Å². The van der Waals surface area contributed by atoms with Crippen molar-refractivity contribution in [1.82, 2.24) is 4.98 Å². The number of carbonyl (C=O) groups is 2. The van der Waals surface area contributed by atoms with Gasteiger partial charge in [0.05, 0.1) is 11.6 Å². The van der Waals surface area contributed by atoms with Crippen molar-refractivity contribution < 1.29 is 14.3 Å². The minimum Gasteiger partial charge on any atom is -0.461 e. The van der Waals surface area contributed by atoms with Gasteiger partial charge in [-0.3, -0.25) is 4.79 Å². The first kappa shape index (κ1) is 13.9. The van der Waals surface area contributed by atoms with Crippen LogP contribution in [0.2, 0.25) is 0 Å². The predicted molar refractivity (Wildman–Crippen MR) is 75.2 cm³/mol. The summed E-state index contributed by atoms with van der Waals surface area (Å²) in [4.78, 5) is 29.1. The van der Waals surface area contributed by atoms with Gasteiger partial charge in [0, 0.05) is 18.2 Å². The smallest absolute Gasteiger partial charge is 0.358 e. The van der Waals surface area contributed by atoms with Crippen molar-refractivity contribution >= 4 is 34.4 Å². The zero-order chi connectivity index (χ0) is 13.8. The Morgan fingerprint density at radius 3 is 2.79 bits per heavy atom. The summed E-state index contributed by atoms with van der Waals surface area (Å²) in [6.07, 6.45) is 0.641. The third kappa shape index (κ3) is 3.27. The van der Waals surface area contributed by atoms with Crippen LogP contribution in [0.15, 0.2) is 17.5 Å². The monoisotopic (exact) mass is 295 g/mol. The van der Waals surface area contributed by atoms with Crippen molar-refractivity contribution in [3.05, 3.63) is 38.0 Å². The molecule has 0 radical (unpaired) electrons. The average molecular weight is 295 g/mol. The minimum absolute atomic E-state index is 0.144. The highest BCUT2D eigenvalue weighted by Gasteiger charge is 2.22. The van der Waals surface area contributed by atoms with E-state index in [1.54, 1.807) is 18.3 Å². The molecule has 6 heteroatoms. The molecule has 19 heavy (non-hydrogen) atoms. The second kappa shape index (κ2) is 6.08. The van der Waals surface area contributed by atoms with Crippen molar-refractivity contribution in [1.29, 1.82) is 0 Å². The summed E-state index contributed by atoms with van der Waals surface area (Å²) >= 11 is 2.89.